The van der Waals surface area contributed by atoms with E-state index in [-0.39, 0.29) is 18.0 Å². The summed E-state index contributed by atoms with van der Waals surface area (Å²) >= 11 is 0. The molecule has 0 radical (unpaired) electrons. The van der Waals surface area contributed by atoms with E-state index in [4.69, 9.17) is 5.11 Å². The summed E-state index contributed by atoms with van der Waals surface area (Å²) in [7, 11) is 0. The van der Waals surface area contributed by atoms with Gasteiger partial charge in [-0.3, -0.25) is 9.78 Å². The summed E-state index contributed by atoms with van der Waals surface area (Å²) < 4.78 is 300. The Morgan fingerprint density at radius 2 is 0.769 bits per heavy atom. The van der Waals surface area contributed by atoms with E-state index < -0.39 is 157 Å². The van der Waals surface area contributed by atoms with E-state index in [1.54, 1.807) is 24.3 Å². The lowest BCUT2D eigenvalue weighted by Gasteiger charge is -2.44. The summed E-state index contributed by atoms with van der Waals surface area (Å²) in [5, 5.41) is 8.61. The Morgan fingerprint density at radius 3 is 1.06 bits per heavy atom. The summed E-state index contributed by atoms with van der Waals surface area (Å²) in [4.78, 5) is 27.5. The molecule has 0 fully saturated rings. The number of nitrogens with zero attached hydrogens (tertiary/aromatic N) is 2. The Morgan fingerprint density at radius 1 is 0.477 bits per heavy atom. The van der Waals surface area contributed by atoms with Crippen molar-refractivity contribution in [3.63, 3.8) is 0 Å². The number of halogens is 20. The molecule has 6 rings (SSSR count). The minimum absolute atomic E-state index is 0.0115. The quantitative estimate of drug-likeness (QED) is 0.0273. The maximum atomic E-state index is 15.4. The van der Waals surface area contributed by atoms with Crippen LogP contribution in [0.2, 0.25) is 0 Å². The molecule has 0 aliphatic rings. The van der Waals surface area contributed by atoms with Gasteiger partial charge in [0.1, 0.15) is 58.9 Å². The number of aromatic nitrogens is 2. The summed E-state index contributed by atoms with van der Waals surface area (Å²) in [6, 6.07) is 8.77. The average molecular weight is 952 g/mol. The third kappa shape index (κ3) is 7.96. The Hall–Kier alpha value is -7.06. The molecule has 0 bridgehead atoms. The van der Waals surface area contributed by atoms with E-state index in [0.717, 1.165) is 0 Å². The van der Waals surface area contributed by atoms with Crippen molar-refractivity contribution in [1.29, 1.82) is 0 Å². The van der Waals surface area contributed by atoms with Crippen LogP contribution in [0.15, 0.2) is 48.9 Å². The number of aliphatic hydroxyl groups excluding tert-OH is 1. The highest BCUT2D eigenvalue weighted by Crippen LogP contribution is 2.30. The SMILES string of the molecule is Fc1c(F)c(F)c([B-](c2c(F)c(F)c(F)c(F)c2F)(c2c(F)c(F)c(F)c(F)c2F)c2c(F)c(F)c(F)c(F)c2F)c(F)c1F.O=C(C[n+]1ccncc1C(=O)OCO)c1ccccc1. The van der Waals surface area contributed by atoms with Gasteiger partial charge in [0.25, 0.3) is 0 Å². The van der Waals surface area contributed by atoms with E-state index in [9.17, 15) is 62.3 Å². The first-order valence-corrected chi connectivity index (χ1v) is 16.9. The molecule has 0 aliphatic heterocycles. The fourth-order valence-corrected chi connectivity index (χ4v) is 6.57. The summed E-state index contributed by atoms with van der Waals surface area (Å²) in [6.45, 7) is -0.733. The molecule has 1 aromatic heterocycles. The number of Topliss-reactive ketones (excluding diaryl/α,β-unsaturated/α-hetero) is 1. The number of hydrogen-bond acceptors (Lipinski definition) is 5. The monoisotopic (exact) mass is 952 g/mol. The Balaban J connectivity index is 0.000000330. The maximum Gasteiger partial charge on any atom is 0.407 e. The first kappa shape index (κ1) is 49.0. The van der Waals surface area contributed by atoms with Gasteiger partial charge in [0.05, 0.1) is 6.20 Å². The predicted octanol–water partition coefficient (Wildman–Crippen LogP) is 6.20. The molecule has 1 heterocycles. The largest absolute Gasteiger partial charge is 0.431 e. The van der Waals surface area contributed by atoms with Crippen LogP contribution in [-0.2, 0) is 11.3 Å². The molecule has 65 heavy (non-hydrogen) atoms. The minimum Gasteiger partial charge on any atom is -0.431 e. The highest BCUT2D eigenvalue weighted by atomic mass is 19.2. The lowest BCUT2D eigenvalue weighted by atomic mass is 9.12. The number of carbonyl (C=O) groups excluding carboxylic acids is 2. The molecule has 0 unspecified atom stereocenters. The van der Waals surface area contributed by atoms with E-state index in [1.165, 1.54) is 23.2 Å². The average Bonchev–Trinajstić information content (AvgIpc) is 3.29. The lowest BCUT2D eigenvalue weighted by Crippen LogP contribution is -2.81. The number of ether oxygens (including phenoxy) is 1. The van der Waals surface area contributed by atoms with Crippen LogP contribution in [0, 0.1) is 116 Å². The number of hydrogen-bond donors (Lipinski definition) is 1. The Kier molecular flexibility index (Phi) is 14.0. The fourth-order valence-electron chi connectivity index (χ4n) is 6.57. The molecule has 6 nitrogen and oxygen atoms in total. The van der Waals surface area contributed by atoms with Crippen molar-refractivity contribution < 1.29 is 112 Å². The van der Waals surface area contributed by atoms with Crippen molar-refractivity contribution in [2.24, 2.45) is 0 Å². The molecule has 27 heteroatoms. The third-order valence-electron chi connectivity index (χ3n) is 9.36. The molecule has 0 saturated heterocycles. The number of rotatable bonds is 9. The van der Waals surface area contributed by atoms with Gasteiger partial charge in [-0.05, 0) is 0 Å². The van der Waals surface area contributed by atoms with Crippen molar-refractivity contribution >= 4 is 39.7 Å². The first-order chi connectivity index (χ1) is 30.4. The molecule has 0 amide bonds. The topological polar surface area (TPSA) is 80.4 Å². The van der Waals surface area contributed by atoms with Crippen LogP contribution in [0.5, 0.6) is 0 Å². The van der Waals surface area contributed by atoms with Gasteiger partial charge in [0.15, 0.2) is 82.8 Å². The van der Waals surface area contributed by atoms with Crippen LogP contribution in [0.3, 0.4) is 0 Å². The highest BCUT2D eigenvalue weighted by molar-refractivity contribution is 7.20. The van der Waals surface area contributed by atoms with Gasteiger partial charge in [-0.25, -0.2) is 92.6 Å². The first-order valence-electron chi connectivity index (χ1n) is 16.9. The second-order valence-electron chi connectivity index (χ2n) is 12.7. The zero-order valence-electron chi connectivity index (χ0n) is 30.7. The number of carbonyl (C=O) groups is 2. The zero-order valence-corrected chi connectivity index (χ0v) is 30.7. The lowest BCUT2D eigenvalue weighted by molar-refractivity contribution is -0.686. The van der Waals surface area contributed by atoms with Crippen LogP contribution in [-0.4, -0.2) is 34.8 Å². The minimum atomic E-state index is -7.22. The van der Waals surface area contributed by atoms with Crippen molar-refractivity contribution in [2.75, 3.05) is 6.79 Å². The second-order valence-corrected chi connectivity index (χ2v) is 12.7. The smallest absolute Gasteiger partial charge is 0.407 e. The number of aliphatic hydroxyl groups is 1. The van der Waals surface area contributed by atoms with Gasteiger partial charge in [0.2, 0.25) is 12.3 Å². The molecular weight excluding hydrogens is 939 g/mol. The van der Waals surface area contributed by atoms with Crippen LogP contribution < -0.4 is 26.4 Å². The Labute approximate surface area is 346 Å². The predicted molar refractivity (Wildman–Crippen MR) is 177 cm³/mol. The number of esters is 1. The number of benzene rings is 5. The summed E-state index contributed by atoms with van der Waals surface area (Å²) in [5.74, 6) is -72.3. The van der Waals surface area contributed by atoms with Gasteiger partial charge >= 0.3 is 11.7 Å². The summed E-state index contributed by atoms with van der Waals surface area (Å²) in [5.41, 5.74) is -13.7. The van der Waals surface area contributed by atoms with Crippen molar-refractivity contribution in [1.82, 2.24) is 4.98 Å². The molecular formula is C38H13BF20N2O4. The molecule has 6 aromatic rings. The highest BCUT2D eigenvalue weighted by Gasteiger charge is 2.52. The van der Waals surface area contributed by atoms with Crippen LogP contribution in [0.1, 0.15) is 20.8 Å². The van der Waals surface area contributed by atoms with Crippen molar-refractivity contribution in [3.8, 4) is 0 Å². The van der Waals surface area contributed by atoms with Gasteiger partial charge in [-0.1, -0.05) is 30.3 Å². The molecule has 342 valence electrons. The van der Waals surface area contributed by atoms with Crippen LogP contribution >= 0.6 is 0 Å². The number of ketones is 1. The van der Waals surface area contributed by atoms with Crippen LogP contribution in [0.4, 0.5) is 87.8 Å². The van der Waals surface area contributed by atoms with Gasteiger partial charge in [0, 0.05) is 5.56 Å². The van der Waals surface area contributed by atoms with E-state index in [0.29, 0.717) is 5.56 Å². The molecule has 0 aliphatic carbocycles. The van der Waals surface area contributed by atoms with E-state index in [1.807, 2.05) is 6.07 Å². The maximum absolute atomic E-state index is 15.4. The second kappa shape index (κ2) is 18.6. The molecule has 5 aromatic carbocycles. The van der Waals surface area contributed by atoms with Crippen molar-refractivity contribution in [3.05, 3.63) is 177 Å². The molecule has 0 saturated carbocycles. The normalized spacial score (nSPS) is 11.4. The van der Waals surface area contributed by atoms with E-state index in [2.05, 4.69) is 9.72 Å². The molecule has 1 N–H and O–H groups in total. The molecule has 0 atom stereocenters. The standard InChI is InChI=1S/C24BF20.C14H13N2O4/c26-5-1(6(27)14(35)21(42)13(5)34)25(2-7(28)15(36)22(43)16(37)8(2)29,3-9(30)17(38)23(44)18(39)10(3)31)4-11(32)19(40)24(45)20(41)12(4)33;17-10-20-14(19)12-8-15-6-7-16(12)9-13(18)11-4-2-1-3-5-11/h;1-8,17H,9-10H2/q-1;+1. The van der Waals surface area contributed by atoms with Gasteiger partial charge in [-0.15, -0.1) is 21.9 Å². The zero-order chi connectivity index (χ0) is 48.7. The van der Waals surface area contributed by atoms with Gasteiger partial charge in [-0.2, -0.15) is 4.57 Å². The van der Waals surface area contributed by atoms with Crippen molar-refractivity contribution in [2.45, 2.75) is 6.54 Å². The third-order valence-corrected chi connectivity index (χ3v) is 9.36. The molecule has 0 spiro atoms. The van der Waals surface area contributed by atoms with E-state index >= 15 is 35.1 Å². The summed E-state index contributed by atoms with van der Waals surface area (Å²) in [6.07, 6.45) is -2.95. The fraction of sp³-hybridized carbons (Fsp3) is 0.0526. The Bertz CT molecular complexity index is 2540. The van der Waals surface area contributed by atoms with Gasteiger partial charge < -0.3 is 9.84 Å². The van der Waals surface area contributed by atoms with Crippen LogP contribution in [0.25, 0.3) is 0 Å².